The summed E-state index contributed by atoms with van der Waals surface area (Å²) in [5.74, 6) is 0.0803. The first-order valence-electron chi connectivity index (χ1n) is 6.16. The van der Waals surface area contributed by atoms with Gasteiger partial charge in [0.1, 0.15) is 5.54 Å². The fourth-order valence-corrected chi connectivity index (χ4v) is 2.25. The summed E-state index contributed by atoms with van der Waals surface area (Å²) < 4.78 is 0. The van der Waals surface area contributed by atoms with Gasteiger partial charge in [-0.25, -0.2) is 0 Å². The Hall–Kier alpha value is -1.00. The van der Waals surface area contributed by atoms with Crippen molar-refractivity contribution >= 4 is 17.7 Å². The molecular weight excluding hydrogens is 246 g/mol. The van der Waals surface area contributed by atoms with E-state index in [0.717, 1.165) is 5.75 Å². The first-order valence-corrected chi connectivity index (χ1v) is 7.14. The number of carbonyl (C=O) groups is 1. The smallest absolute Gasteiger partial charge is 0.323 e. The van der Waals surface area contributed by atoms with E-state index in [1.54, 1.807) is 18.7 Å². The fraction of sp³-hybridized carbons (Fsp3) is 0.500. The van der Waals surface area contributed by atoms with Gasteiger partial charge >= 0.3 is 5.97 Å². The highest BCUT2D eigenvalue weighted by molar-refractivity contribution is 7.99. The second-order valence-corrected chi connectivity index (χ2v) is 5.75. The van der Waals surface area contributed by atoms with Crippen LogP contribution in [0.15, 0.2) is 29.2 Å². The zero-order valence-corrected chi connectivity index (χ0v) is 12.0. The lowest BCUT2D eigenvalue weighted by Crippen LogP contribution is -2.49. The predicted octanol–water partition coefficient (Wildman–Crippen LogP) is 2.93. The Kier molecular flexibility index (Phi) is 5.69. The van der Waals surface area contributed by atoms with Crippen molar-refractivity contribution in [2.24, 2.45) is 0 Å². The summed E-state index contributed by atoms with van der Waals surface area (Å²) in [6, 6.07) is 8.36. The third-order valence-electron chi connectivity index (χ3n) is 3.09. The number of aryl methyl sites for hydroxylation is 1. The van der Waals surface area contributed by atoms with Crippen molar-refractivity contribution in [2.75, 3.05) is 12.3 Å². The van der Waals surface area contributed by atoms with Crippen molar-refractivity contribution in [1.82, 2.24) is 5.32 Å². The molecule has 0 radical (unpaired) electrons. The molecule has 1 unspecified atom stereocenters. The largest absolute Gasteiger partial charge is 0.480 e. The maximum absolute atomic E-state index is 11.1. The summed E-state index contributed by atoms with van der Waals surface area (Å²) in [7, 11) is 0. The van der Waals surface area contributed by atoms with E-state index in [1.807, 2.05) is 6.92 Å². The number of rotatable bonds is 7. The Labute approximate surface area is 113 Å². The molecule has 0 aliphatic rings. The summed E-state index contributed by atoms with van der Waals surface area (Å²) in [5, 5.41) is 12.2. The Bertz CT molecular complexity index is 391. The maximum atomic E-state index is 11.1. The summed E-state index contributed by atoms with van der Waals surface area (Å²) in [4.78, 5) is 12.3. The molecule has 0 aromatic heterocycles. The summed E-state index contributed by atoms with van der Waals surface area (Å²) >= 11 is 1.74. The molecule has 1 atom stereocenters. The standard InChI is InChI=1S/C14H21NO2S/c1-4-14(3,13(16)17)15-9-10-18-12-7-5-11(2)6-8-12/h5-8,15H,4,9-10H2,1-3H3,(H,16,17). The van der Waals surface area contributed by atoms with Gasteiger partial charge in [0.25, 0.3) is 0 Å². The van der Waals surface area contributed by atoms with Crippen LogP contribution in [0.5, 0.6) is 0 Å². The first kappa shape index (κ1) is 15.1. The normalized spacial score (nSPS) is 14.2. The number of hydrogen-bond donors (Lipinski definition) is 2. The SMILES string of the molecule is CCC(C)(NCCSc1ccc(C)cc1)C(=O)O. The summed E-state index contributed by atoms with van der Waals surface area (Å²) in [6.45, 7) is 6.37. The van der Waals surface area contributed by atoms with Crippen LogP contribution in [0.25, 0.3) is 0 Å². The molecule has 100 valence electrons. The molecule has 0 saturated carbocycles. The molecule has 2 N–H and O–H groups in total. The van der Waals surface area contributed by atoms with Gasteiger partial charge in [-0.05, 0) is 32.4 Å². The number of aliphatic carboxylic acids is 1. The quantitative estimate of drug-likeness (QED) is 0.589. The van der Waals surface area contributed by atoms with Gasteiger partial charge in [0.15, 0.2) is 0 Å². The number of nitrogens with one attached hydrogen (secondary N) is 1. The lowest BCUT2D eigenvalue weighted by molar-refractivity contribution is -0.144. The zero-order valence-electron chi connectivity index (χ0n) is 11.2. The second-order valence-electron chi connectivity index (χ2n) is 4.58. The number of carboxylic acids is 1. The Morgan fingerprint density at radius 3 is 2.50 bits per heavy atom. The Balaban J connectivity index is 2.34. The molecule has 0 aliphatic heterocycles. The number of carboxylic acid groups (broad SMARTS) is 1. The zero-order chi connectivity index (χ0) is 13.6. The number of benzene rings is 1. The molecule has 0 bridgehead atoms. The van der Waals surface area contributed by atoms with Crippen LogP contribution in [0.4, 0.5) is 0 Å². The molecule has 4 heteroatoms. The summed E-state index contributed by atoms with van der Waals surface area (Å²) in [6.07, 6.45) is 0.581. The number of hydrogen-bond acceptors (Lipinski definition) is 3. The molecular formula is C14H21NO2S. The average molecular weight is 267 g/mol. The molecule has 0 spiro atoms. The van der Waals surface area contributed by atoms with Gasteiger partial charge in [-0.1, -0.05) is 24.6 Å². The van der Waals surface area contributed by atoms with E-state index in [2.05, 4.69) is 36.5 Å². The minimum absolute atomic E-state index is 0.581. The topological polar surface area (TPSA) is 49.3 Å². The molecule has 0 fully saturated rings. The lowest BCUT2D eigenvalue weighted by atomic mass is 9.99. The molecule has 18 heavy (non-hydrogen) atoms. The van der Waals surface area contributed by atoms with Crippen LogP contribution in [-0.4, -0.2) is 28.9 Å². The van der Waals surface area contributed by atoms with Crippen LogP contribution in [0.2, 0.25) is 0 Å². The van der Waals surface area contributed by atoms with Crippen molar-refractivity contribution in [2.45, 2.75) is 37.6 Å². The minimum Gasteiger partial charge on any atom is -0.480 e. The highest BCUT2D eigenvalue weighted by Gasteiger charge is 2.29. The van der Waals surface area contributed by atoms with Crippen LogP contribution < -0.4 is 5.32 Å². The van der Waals surface area contributed by atoms with E-state index in [-0.39, 0.29) is 0 Å². The molecule has 3 nitrogen and oxygen atoms in total. The van der Waals surface area contributed by atoms with E-state index in [9.17, 15) is 4.79 Å². The van der Waals surface area contributed by atoms with Gasteiger partial charge in [-0.15, -0.1) is 11.8 Å². The first-order chi connectivity index (χ1) is 8.48. The lowest BCUT2D eigenvalue weighted by Gasteiger charge is -2.24. The highest BCUT2D eigenvalue weighted by atomic mass is 32.2. The van der Waals surface area contributed by atoms with E-state index in [0.29, 0.717) is 13.0 Å². The van der Waals surface area contributed by atoms with E-state index >= 15 is 0 Å². The number of thioether (sulfide) groups is 1. The summed E-state index contributed by atoms with van der Waals surface area (Å²) in [5.41, 5.74) is 0.440. The molecule has 1 aromatic carbocycles. The minimum atomic E-state index is -0.812. The van der Waals surface area contributed by atoms with Crippen molar-refractivity contribution in [3.05, 3.63) is 29.8 Å². The predicted molar refractivity (Wildman–Crippen MR) is 76.2 cm³/mol. The van der Waals surface area contributed by atoms with Crippen LogP contribution >= 0.6 is 11.8 Å². The van der Waals surface area contributed by atoms with E-state index in [4.69, 9.17) is 5.11 Å². The molecule has 1 aromatic rings. The van der Waals surface area contributed by atoms with Crippen molar-refractivity contribution in [3.63, 3.8) is 0 Å². The van der Waals surface area contributed by atoms with Crippen molar-refractivity contribution in [3.8, 4) is 0 Å². The molecule has 0 aliphatic carbocycles. The molecule has 0 amide bonds. The molecule has 0 saturated heterocycles. The molecule has 1 rings (SSSR count). The van der Waals surface area contributed by atoms with Gasteiger partial charge < -0.3 is 10.4 Å². The highest BCUT2D eigenvalue weighted by Crippen LogP contribution is 2.18. The van der Waals surface area contributed by atoms with Crippen LogP contribution in [0.3, 0.4) is 0 Å². The van der Waals surface area contributed by atoms with Crippen LogP contribution in [-0.2, 0) is 4.79 Å². The van der Waals surface area contributed by atoms with Gasteiger partial charge in [0.05, 0.1) is 0 Å². The maximum Gasteiger partial charge on any atom is 0.323 e. The van der Waals surface area contributed by atoms with Gasteiger partial charge in [0, 0.05) is 17.2 Å². The Morgan fingerprint density at radius 2 is 2.00 bits per heavy atom. The molecule has 0 heterocycles. The van der Waals surface area contributed by atoms with Gasteiger partial charge in [-0.2, -0.15) is 0 Å². The van der Waals surface area contributed by atoms with Crippen molar-refractivity contribution < 1.29 is 9.90 Å². The average Bonchev–Trinajstić information content (AvgIpc) is 2.36. The second kappa shape index (κ2) is 6.81. The third-order valence-corrected chi connectivity index (χ3v) is 4.10. The van der Waals surface area contributed by atoms with Gasteiger partial charge in [-0.3, -0.25) is 4.79 Å². The van der Waals surface area contributed by atoms with E-state index in [1.165, 1.54) is 10.5 Å². The monoisotopic (exact) mass is 267 g/mol. The van der Waals surface area contributed by atoms with Crippen molar-refractivity contribution in [1.29, 1.82) is 0 Å². The van der Waals surface area contributed by atoms with Crippen LogP contribution in [0.1, 0.15) is 25.8 Å². The van der Waals surface area contributed by atoms with Gasteiger partial charge in [0.2, 0.25) is 0 Å². The fourth-order valence-electron chi connectivity index (χ4n) is 1.48. The Morgan fingerprint density at radius 1 is 1.39 bits per heavy atom. The van der Waals surface area contributed by atoms with Crippen LogP contribution in [0, 0.1) is 6.92 Å². The van der Waals surface area contributed by atoms with E-state index < -0.39 is 11.5 Å². The third kappa shape index (κ3) is 4.35.